The van der Waals surface area contributed by atoms with Crippen LogP contribution in [0.2, 0.25) is 5.02 Å². The Morgan fingerprint density at radius 1 is 0.857 bits per heavy atom. The van der Waals surface area contributed by atoms with Gasteiger partial charge in [-0.1, -0.05) is 65.3 Å². The monoisotopic (exact) mass is 499 g/mol. The third kappa shape index (κ3) is 3.77. The molecular formula is C28H22ClN3O2S. The standard InChI is InChI=1S/C28H22ClN3O2S/c1-17-7-13-21(14-8-17)35-23-16-15-22-25(30-23)24-26(31(22)20-11-9-18(29)10-12-20)28(34)32(27(24)33)19-5-3-2-4-6-19/h2-16,22,24-26H,1H3/t22-,24-,25+,26+/m1/s1. The van der Waals surface area contributed by atoms with E-state index in [4.69, 9.17) is 16.6 Å². The molecule has 0 aliphatic carbocycles. The maximum absolute atomic E-state index is 13.8. The van der Waals surface area contributed by atoms with Crippen molar-refractivity contribution in [1.29, 1.82) is 0 Å². The first kappa shape index (κ1) is 22.1. The zero-order valence-corrected chi connectivity index (χ0v) is 20.5. The number of benzene rings is 3. The highest BCUT2D eigenvalue weighted by molar-refractivity contribution is 8.14. The van der Waals surface area contributed by atoms with Crippen LogP contribution in [-0.4, -0.2) is 35.0 Å². The number of imide groups is 1. The number of dihydropyridines is 1. The van der Waals surface area contributed by atoms with Gasteiger partial charge in [0.05, 0.1) is 28.7 Å². The third-order valence-electron chi connectivity index (χ3n) is 6.75. The molecule has 0 spiro atoms. The van der Waals surface area contributed by atoms with Crippen LogP contribution < -0.4 is 9.80 Å². The van der Waals surface area contributed by atoms with Crippen molar-refractivity contribution in [3.05, 3.63) is 102 Å². The number of hydrogen-bond donors (Lipinski definition) is 0. The Kier molecular flexibility index (Phi) is 5.50. The summed E-state index contributed by atoms with van der Waals surface area (Å²) in [6.45, 7) is 2.06. The summed E-state index contributed by atoms with van der Waals surface area (Å²) in [6.07, 6.45) is 4.08. The van der Waals surface area contributed by atoms with E-state index in [1.807, 2.05) is 53.4 Å². The molecule has 3 heterocycles. The minimum absolute atomic E-state index is 0.195. The van der Waals surface area contributed by atoms with Crippen LogP contribution in [0.4, 0.5) is 11.4 Å². The maximum atomic E-state index is 13.8. The van der Waals surface area contributed by atoms with Crippen LogP contribution in [0, 0.1) is 12.8 Å². The fourth-order valence-corrected chi connectivity index (χ4v) is 6.13. The fourth-order valence-electron chi connectivity index (χ4n) is 5.16. The van der Waals surface area contributed by atoms with Gasteiger partial charge in [0.15, 0.2) is 0 Å². The molecule has 0 saturated carbocycles. The lowest BCUT2D eigenvalue weighted by molar-refractivity contribution is -0.122. The Balaban J connectivity index is 1.40. The van der Waals surface area contributed by atoms with E-state index in [1.54, 1.807) is 23.9 Å². The Morgan fingerprint density at radius 2 is 1.57 bits per heavy atom. The van der Waals surface area contributed by atoms with Crippen LogP contribution in [0.3, 0.4) is 0 Å². The summed E-state index contributed by atoms with van der Waals surface area (Å²) in [4.78, 5) is 37.0. The summed E-state index contributed by atoms with van der Waals surface area (Å²) in [5.74, 6) is -0.981. The smallest absolute Gasteiger partial charge is 0.257 e. The van der Waals surface area contributed by atoms with Crippen LogP contribution >= 0.6 is 23.4 Å². The lowest BCUT2D eigenvalue weighted by Gasteiger charge is -2.32. The highest BCUT2D eigenvalue weighted by Crippen LogP contribution is 2.45. The summed E-state index contributed by atoms with van der Waals surface area (Å²) >= 11 is 7.71. The number of para-hydroxylation sites is 1. The molecule has 3 aromatic carbocycles. The van der Waals surface area contributed by atoms with Crippen molar-refractivity contribution in [2.45, 2.75) is 29.9 Å². The van der Waals surface area contributed by atoms with Gasteiger partial charge in [-0.25, -0.2) is 4.90 Å². The molecule has 35 heavy (non-hydrogen) atoms. The Hall–Kier alpha value is -3.35. The molecule has 5 nitrogen and oxygen atoms in total. The van der Waals surface area contributed by atoms with Gasteiger partial charge < -0.3 is 4.90 Å². The molecule has 0 unspecified atom stereocenters. The minimum Gasteiger partial charge on any atom is -0.350 e. The molecule has 2 fully saturated rings. The number of amides is 2. The first-order chi connectivity index (χ1) is 17.0. The summed E-state index contributed by atoms with van der Waals surface area (Å²) in [5, 5.41) is 1.46. The molecule has 3 aliphatic heterocycles. The lowest BCUT2D eigenvalue weighted by Crippen LogP contribution is -2.46. The predicted molar refractivity (Wildman–Crippen MR) is 141 cm³/mol. The van der Waals surface area contributed by atoms with Crippen LogP contribution in [-0.2, 0) is 9.59 Å². The first-order valence-electron chi connectivity index (χ1n) is 11.5. The van der Waals surface area contributed by atoms with Crippen LogP contribution in [0.5, 0.6) is 0 Å². The van der Waals surface area contributed by atoms with Gasteiger partial charge in [-0.05, 0) is 61.5 Å². The number of anilines is 2. The highest BCUT2D eigenvalue weighted by Gasteiger charge is 2.62. The van der Waals surface area contributed by atoms with E-state index >= 15 is 0 Å². The van der Waals surface area contributed by atoms with Crippen molar-refractivity contribution in [3.8, 4) is 0 Å². The fraction of sp³-hybridized carbons (Fsp3) is 0.179. The van der Waals surface area contributed by atoms with Crippen molar-refractivity contribution >= 4 is 51.6 Å². The van der Waals surface area contributed by atoms with Gasteiger partial charge in [0.2, 0.25) is 5.91 Å². The molecule has 2 saturated heterocycles. The molecule has 3 aromatic rings. The third-order valence-corrected chi connectivity index (χ3v) is 7.96. The largest absolute Gasteiger partial charge is 0.350 e. The predicted octanol–water partition coefficient (Wildman–Crippen LogP) is 5.52. The van der Waals surface area contributed by atoms with E-state index in [-0.39, 0.29) is 23.9 Å². The molecule has 3 aliphatic rings. The van der Waals surface area contributed by atoms with Gasteiger partial charge >= 0.3 is 0 Å². The lowest BCUT2D eigenvalue weighted by atomic mass is 9.94. The molecule has 0 radical (unpaired) electrons. The number of nitrogens with zero attached hydrogens (tertiary/aromatic N) is 3. The Bertz CT molecular complexity index is 1360. The van der Waals surface area contributed by atoms with Crippen molar-refractivity contribution in [3.63, 3.8) is 0 Å². The van der Waals surface area contributed by atoms with Crippen LogP contribution in [0.1, 0.15) is 5.56 Å². The van der Waals surface area contributed by atoms with E-state index in [0.29, 0.717) is 10.7 Å². The molecule has 4 atom stereocenters. The number of carbonyl (C=O) groups excluding carboxylic acids is 2. The van der Waals surface area contributed by atoms with Gasteiger partial charge in [-0.3, -0.25) is 14.6 Å². The molecule has 6 rings (SSSR count). The van der Waals surface area contributed by atoms with Crippen molar-refractivity contribution < 1.29 is 9.59 Å². The number of carbonyl (C=O) groups is 2. The summed E-state index contributed by atoms with van der Waals surface area (Å²) < 4.78 is 0. The number of aryl methyl sites for hydroxylation is 1. The SMILES string of the molecule is Cc1ccc(SC2=N[C@@H]3[C@H]4C(=O)N(c5ccccc5)C(=O)[C@H]4N(c4ccc(Cl)cc4)[C@@H]3C=C2)cc1. The van der Waals surface area contributed by atoms with Crippen molar-refractivity contribution in [1.82, 2.24) is 0 Å². The first-order valence-corrected chi connectivity index (χ1v) is 12.7. The van der Waals surface area contributed by atoms with E-state index in [1.165, 1.54) is 10.5 Å². The van der Waals surface area contributed by atoms with Gasteiger partial charge in [0.1, 0.15) is 6.04 Å². The van der Waals surface area contributed by atoms with E-state index in [9.17, 15) is 9.59 Å². The number of fused-ring (bicyclic) bond motifs is 3. The van der Waals surface area contributed by atoms with Gasteiger partial charge in [0.25, 0.3) is 5.91 Å². The Morgan fingerprint density at radius 3 is 2.29 bits per heavy atom. The van der Waals surface area contributed by atoms with E-state index in [2.05, 4.69) is 37.3 Å². The van der Waals surface area contributed by atoms with Gasteiger partial charge in [0, 0.05) is 15.6 Å². The molecular weight excluding hydrogens is 478 g/mol. The number of hydrogen-bond acceptors (Lipinski definition) is 5. The number of aliphatic imine (C=N–C) groups is 1. The van der Waals surface area contributed by atoms with E-state index < -0.39 is 12.0 Å². The Labute approximate surface area is 213 Å². The molecule has 0 N–H and O–H groups in total. The normalized spacial score (nSPS) is 25.0. The average Bonchev–Trinajstić information content (AvgIpc) is 3.34. The topological polar surface area (TPSA) is 53.0 Å². The molecule has 2 amide bonds. The summed E-state index contributed by atoms with van der Waals surface area (Å²) in [7, 11) is 0. The number of thioether (sulfide) groups is 1. The molecule has 0 aromatic heterocycles. The maximum Gasteiger partial charge on any atom is 0.257 e. The minimum atomic E-state index is -0.629. The second-order valence-corrected chi connectivity index (χ2v) is 10.5. The number of rotatable bonds is 3. The van der Waals surface area contributed by atoms with Crippen LogP contribution in [0.15, 0.2) is 101 Å². The zero-order valence-electron chi connectivity index (χ0n) is 18.9. The van der Waals surface area contributed by atoms with Crippen molar-refractivity contribution in [2.24, 2.45) is 10.9 Å². The molecule has 0 bridgehead atoms. The number of halogens is 1. The molecule has 7 heteroatoms. The quantitative estimate of drug-likeness (QED) is 0.445. The van der Waals surface area contributed by atoms with Crippen molar-refractivity contribution in [2.75, 3.05) is 9.80 Å². The van der Waals surface area contributed by atoms with Gasteiger partial charge in [-0.15, -0.1) is 0 Å². The summed E-state index contributed by atoms with van der Waals surface area (Å²) in [5.41, 5.74) is 2.64. The summed E-state index contributed by atoms with van der Waals surface area (Å²) in [6, 6.07) is 23.7. The second kappa shape index (κ2) is 8.70. The van der Waals surface area contributed by atoms with Gasteiger partial charge in [-0.2, -0.15) is 0 Å². The average molecular weight is 500 g/mol. The second-order valence-electron chi connectivity index (χ2n) is 8.92. The molecule has 174 valence electrons. The highest BCUT2D eigenvalue weighted by atomic mass is 35.5. The zero-order chi connectivity index (χ0) is 24.1. The van der Waals surface area contributed by atoms with E-state index in [0.717, 1.165) is 15.6 Å². The van der Waals surface area contributed by atoms with Crippen LogP contribution in [0.25, 0.3) is 0 Å².